The highest BCUT2D eigenvalue weighted by atomic mass is 16.5. The lowest BCUT2D eigenvalue weighted by Crippen LogP contribution is -2.28. The first-order valence-corrected chi connectivity index (χ1v) is 6.13. The molecule has 1 rings (SSSR count). The van der Waals surface area contributed by atoms with Crippen molar-refractivity contribution in [2.75, 3.05) is 20.3 Å². The van der Waals surface area contributed by atoms with Gasteiger partial charge in [-0.25, -0.2) is 0 Å². The van der Waals surface area contributed by atoms with Crippen LogP contribution in [0.5, 0.6) is 0 Å². The van der Waals surface area contributed by atoms with E-state index in [1.807, 2.05) is 13.8 Å². The lowest BCUT2D eigenvalue weighted by molar-refractivity contribution is 0.0586. The van der Waals surface area contributed by atoms with Gasteiger partial charge < -0.3 is 19.6 Å². The van der Waals surface area contributed by atoms with E-state index in [0.29, 0.717) is 18.7 Å². The molecule has 0 saturated carbocycles. The summed E-state index contributed by atoms with van der Waals surface area (Å²) in [5.74, 6) is 0.910. The van der Waals surface area contributed by atoms with Gasteiger partial charge in [0, 0.05) is 20.1 Å². The lowest BCUT2D eigenvalue weighted by Gasteiger charge is -2.09. The fraction of sp³-hybridized carbons (Fsp3) is 0.615. The summed E-state index contributed by atoms with van der Waals surface area (Å²) in [5, 5.41) is 12.1. The zero-order valence-corrected chi connectivity index (χ0v) is 11.2. The van der Waals surface area contributed by atoms with Gasteiger partial charge in [-0.05, 0) is 25.0 Å². The van der Waals surface area contributed by atoms with Gasteiger partial charge in [-0.3, -0.25) is 4.79 Å². The molecule has 0 bridgehead atoms. The van der Waals surface area contributed by atoms with Crippen molar-refractivity contribution >= 4 is 5.91 Å². The summed E-state index contributed by atoms with van der Waals surface area (Å²) in [6.07, 6.45) is 0.672. The van der Waals surface area contributed by atoms with Crippen LogP contribution >= 0.6 is 0 Å². The highest BCUT2D eigenvalue weighted by Crippen LogP contribution is 2.14. The fourth-order valence-electron chi connectivity index (χ4n) is 1.70. The SMILES string of the molecule is CCc1oc(C(=O)NCCC(O)COC)cc1C. The van der Waals surface area contributed by atoms with Crippen molar-refractivity contribution in [3.05, 3.63) is 23.2 Å². The van der Waals surface area contributed by atoms with Crippen LogP contribution in [0.2, 0.25) is 0 Å². The fourth-order valence-corrected chi connectivity index (χ4v) is 1.70. The Bertz CT molecular complexity index is 386. The third-order valence-electron chi connectivity index (χ3n) is 2.69. The van der Waals surface area contributed by atoms with Gasteiger partial charge in [0.2, 0.25) is 0 Å². The van der Waals surface area contributed by atoms with Gasteiger partial charge in [-0.15, -0.1) is 0 Å². The predicted octanol–water partition coefficient (Wildman–Crippen LogP) is 1.28. The number of carbonyl (C=O) groups is 1. The van der Waals surface area contributed by atoms with E-state index < -0.39 is 6.10 Å². The minimum absolute atomic E-state index is 0.248. The molecule has 0 aliphatic heterocycles. The summed E-state index contributed by atoms with van der Waals surface area (Å²) in [5.41, 5.74) is 0.988. The maximum atomic E-state index is 11.7. The monoisotopic (exact) mass is 255 g/mol. The Kier molecular flexibility index (Phi) is 5.88. The number of carbonyl (C=O) groups excluding carboxylic acids is 1. The zero-order chi connectivity index (χ0) is 13.5. The molecule has 0 saturated heterocycles. The molecular weight excluding hydrogens is 234 g/mol. The third kappa shape index (κ3) is 4.16. The second kappa shape index (κ2) is 7.18. The highest BCUT2D eigenvalue weighted by molar-refractivity contribution is 5.91. The molecule has 0 aromatic carbocycles. The van der Waals surface area contributed by atoms with Crippen molar-refractivity contribution < 1.29 is 19.1 Å². The van der Waals surface area contributed by atoms with E-state index in [1.165, 1.54) is 7.11 Å². The molecule has 1 unspecified atom stereocenters. The summed E-state index contributed by atoms with van der Waals surface area (Å²) < 4.78 is 10.2. The average molecular weight is 255 g/mol. The van der Waals surface area contributed by atoms with E-state index >= 15 is 0 Å². The van der Waals surface area contributed by atoms with Gasteiger partial charge >= 0.3 is 0 Å². The van der Waals surface area contributed by atoms with E-state index in [1.54, 1.807) is 6.07 Å². The average Bonchev–Trinajstić information content (AvgIpc) is 2.71. The number of hydrogen-bond acceptors (Lipinski definition) is 4. The van der Waals surface area contributed by atoms with Gasteiger partial charge in [-0.1, -0.05) is 6.92 Å². The van der Waals surface area contributed by atoms with Crippen LogP contribution in [0.4, 0.5) is 0 Å². The minimum atomic E-state index is -0.556. The largest absolute Gasteiger partial charge is 0.456 e. The first-order valence-electron chi connectivity index (χ1n) is 6.13. The quantitative estimate of drug-likeness (QED) is 0.770. The topological polar surface area (TPSA) is 71.7 Å². The molecule has 2 N–H and O–H groups in total. The number of aliphatic hydroxyl groups is 1. The van der Waals surface area contributed by atoms with E-state index in [2.05, 4.69) is 5.32 Å². The number of methoxy groups -OCH3 is 1. The van der Waals surface area contributed by atoms with Crippen molar-refractivity contribution in [1.82, 2.24) is 5.32 Å². The molecule has 0 aliphatic rings. The van der Waals surface area contributed by atoms with E-state index in [9.17, 15) is 9.90 Å². The standard InChI is InChI=1S/C13H21NO4/c1-4-11-9(2)7-12(18-11)13(16)14-6-5-10(15)8-17-3/h7,10,15H,4-6,8H2,1-3H3,(H,14,16). The molecular formula is C13H21NO4. The van der Waals surface area contributed by atoms with Crippen molar-refractivity contribution in [1.29, 1.82) is 0 Å². The Balaban J connectivity index is 2.40. The summed E-state index contributed by atoms with van der Waals surface area (Å²) in [6.45, 7) is 4.57. The summed E-state index contributed by atoms with van der Waals surface area (Å²) in [7, 11) is 1.53. The van der Waals surface area contributed by atoms with Crippen LogP contribution < -0.4 is 5.32 Å². The van der Waals surface area contributed by atoms with E-state index in [4.69, 9.17) is 9.15 Å². The number of hydrogen-bond donors (Lipinski definition) is 2. The molecule has 0 spiro atoms. The Hall–Kier alpha value is -1.33. The van der Waals surface area contributed by atoms with Crippen LogP contribution in [0.15, 0.2) is 10.5 Å². The molecule has 1 atom stereocenters. The van der Waals surface area contributed by atoms with Gasteiger partial charge in [0.25, 0.3) is 5.91 Å². The Morgan fingerprint density at radius 1 is 1.61 bits per heavy atom. The van der Waals surface area contributed by atoms with Crippen LogP contribution in [0, 0.1) is 6.92 Å². The van der Waals surface area contributed by atoms with Gasteiger partial charge in [-0.2, -0.15) is 0 Å². The smallest absolute Gasteiger partial charge is 0.287 e. The molecule has 0 aliphatic carbocycles. The van der Waals surface area contributed by atoms with E-state index in [-0.39, 0.29) is 12.5 Å². The Labute approximate surface area is 107 Å². The molecule has 1 amide bonds. The minimum Gasteiger partial charge on any atom is -0.456 e. The number of ether oxygens (including phenoxy) is 1. The van der Waals surface area contributed by atoms with Gasteiger partial charge in [0.15, 0.2) is 5.76 Å². The van der Waals surface area contributed by atoms with Crippen molar-refractivity contribution in [2.24, 2.45) is 0 Å². The highest BCUT2D eigenvalue weighted by Gasteiger charge is 2.13. The van der Waals surface area contributed by atoms with Crippen LogP contribution in [0.1, 0.15) is 35.2 Å². The first kappa shape index (κ1) is 14.7. The Morgan fingerprint density at radius 3 is 2.89 bits per heavy atom. The lowest BCUT2D eigenvalue weighted by atomic mass is 10.2. The van der Waals surface area contributed by atoms with Crippen LogP contribution in [-0.2, 0) is 11.2 Å². The van der Waals surface area contributed by atoms with Gasteiger partial charge in [0.1, 0.15) is 5.76 Å². The normalized spacial score (nSPS) is 12.4. The second-order valence-electron chi connectivity index (χ2n) is 4.22. The molecule has 5 heteroatoms. The summed E-state index contributed by atoms with van der Waals surface area (Å²) in [4.78, 5) is 11.7. The van der Waals surface area contributed by atoms with Crippen LogP contribution in [0.25, 0.3) is 0 Å². The number of amides is 1. The number of aryl methyl sites for hydroxylation is 2. The molecule has 5 nitrogen and oxygen atoms in total. The molecule has 1 heterocycles. The maximum Gasteiger partial charge on any atom is 0.287 e. The molecule has 0 radical (unpaired) electrons. The molecule has 102 valence electrons. The number of aliphatic hydroxyl groups excluding tert-OH is 1. The molecule has 0 fully saturated rings. The number of nitrogens with one attached hydrogen (secondary N) is 1. The van der Waals surface area contributed by atoms with Gasteiger partial charge in [0.05, 0.1) is 12.7 Å². The Morgan fingerprint density at radius 2 is 2.33 bits per heavy atom. The maximum absolute atomic E-state index is 11.7. The number of rotatable bonds is 7. The van der Waals surface area contributed by atoms with Crippen molar-refractivity contribution in [2.45, 2.75) is 32.8 Å². The van der Waals surface area contributed by atoms with Crippen LogP contribution in [0.3, 0.4) is 0 Å². The zero-order valence-electron chi connectivity index (χ0n) is 11.2. The van der Waals surface area contributed by atoms with Crippen LogP contribution in [-0.4, -0.2) is 37.4 Å². The molecule has 18 heavy (non-hydrogen) atoms. The third-order valence-corrected chi connectivity index (χ3v) is 2.69. The second-order valence-corrected chi connectivity index (χ2v) is 4.22. The first-order chi connectivity index (χ1) is 8.58. The number of furan rings is 1. The summed E-state index contributed by atoms with van der Waals surface area (Å²) >= 11 is 0. The predicted molar refractivity (Wildman–Crippen MR) is 67.7 cm³/mol. The van der Waals surface area contributed by atoms with Crippen molar-refractivity contribution in [3.8, 4) is 0 Å². The summed E-state index contributed by atoms with van der Waals surface area (Å²) in [6, 6.07) is 1.74. The molecule has 1 aromatic heterocycles. The molecule has 1 aromatic rings. The van der Waals surface area contributed by atoms with E-state index in [0.717, 1.165) is 17.7 Å². The van der Waals surface area contributed by atoms with Crippen molar-refractivity contribution in [3.63, 3.8) is 0 Å².